The SMILES string of the molecule is COc1ccc(S(C)(=O)=O)cc1S(=O)(=O)NCCc1cscn1. The lowest BCUT2D eigenvalue weighted by Gasteiger charge is -2.11. The maximum absolute atomic E-state index is 12.4. The summed E-state index contributed by atoms with van der Waals surface area (Å²) in [5, 5.41) is 1.83. The Hall–Kier alpha value is -1.49. The minimum atomic E-state index is -3.90. The number of nitrogens with zero attached hydrogens (tertiary/aromatic N) is 1. The van der Waals surface area contributed by atoms with Crippen molar-refractivity contribution < 1.29 is 21.6 Å². The molecule has 0 saturated carbocycles. The molecule has 10 heteroatoms. The van der Waals surface area contributed by atoms with Gasteiger partial charge in [-0.2, -0.15) is 0 Å². The standard InChI is InChI=1S/C13H16N2O5S3/c1-20-12-4-3-11(22(2,16)17)7-13(12)23(18,19)15-6-5-10-8-21-9-14-10/h3-4,7-9,15H,5-6H2,1-2H3. The minimum Gasteiger partial charge on any atom is -0.495 e. The van der Waals surface area contributed by atoms with Gasteiger partial charge in [-0.15, -0.1) is 11.3 Å². The van der Waals surface area contributed by atoms with Crippen molar-refractivity contribution in [2.24, 2.45) is 0 Å². The summed E-state index contributed by atoms with van der Waals surface area (Å²) < 4.78 is 55.5. The molecule has 126 valence electrons. The van der Waals surface area contributed by atoms with Crippen molar-refractivity contribution in [1.29, 1.82) is 0 Å². The summed E-state index contributed by atoms with van der Waals surface area (Å²) in [5.41, 5.74) is 2.46. The van der Waals surface area contributed by atoms with Crippen LogP contribution in [0.4, 0.5) is 0 Å². The third-order valence-corrected chi connectivity index (χ3v) is 6.24. The number of hydrogen-bond acceptors (Lipinski definition) is 7. The number of hydrogen-bond donors (Lipinski definition) is 1. The highest BCUT2D eigenvalue weighted by Crippen LogP contribution is 2.26. The summed E-state index contributed by atoms with van der Waals surface area (Å²) in [7, 11) is -6.10. The molecule has 0 saturated heterocycles. The second-order valence-corrected chi connectivity index (χ2v) is 9.18. The molecule has 0 unspecified atom stereocenters. The van der Waals surface area contributed by atoms with E-state index in [9.17, 15) is 16.8 Å². The van der Waals surface area contributed by atoms with Gasteiger partial charge < -0.3 is 4.74 Å². The number of sulfone groups is 1. The molecule has 2 aromatic rings. The maximum Gasteiger partial charge on any atom is 0.244 e. The number of aromatic nitrogens is 1. The molecule has 0 amide bonds. The first-order chi connectivity index (χ1) is 10.7. The van der Waals surface area contributed by atoms with Crippen LogP contribution in [0.2, 0.25) is 0 Å². The van der Waals surface area contributed by atoms with Crippen molar-refractivity contribution in [2.75, 3.05) is 19.9 Å². The topological polar surface area (TPSA) is 102 Å². The Bertz CT molecular complexity index is 874. The van der Waals surface area contributed by atoms with E-state index in [1.807, 2.05) is 5.38 Å². The molecule has 7 nitrogen and oxygen atoms in total. The van der Waals surface area contributed by atoms with E-state index in [1.165, 1.54) is 30.6 Å². The molecule has 0 radical (unpaired) electrons. The Morgan fingerprint density at radius 3 is 2.57 bits per heavy atom. The van der Waals surface area contributed by atoms with Crippen LogP contribution in [0.1, 0.15) is 5.69 Å². The normalized spacial score (nSPS) is 12.3. The van der Waals surface area contributed by atoms with Crippen LogP contribution in [0.3, 0.4) is 0 Å². The minimum absolute atomic E-state index is 0.0820. The molecule has 0 aliphatic rings. The van der Waals surface area contributed by atoms with Gasteiger partial charge in [0, 0.05) is 24.6 Å². The molecule has 1 heterocycles. The lowest BCUT2D eigenvalue weighted by molar-refractivity contribution is 0.401. The van der Waals surface area contributed by atoms with Crippen molar-refractivity contribution in [3.63, 3.8) is 0 Å². The molecule has 1 N–H and O–H groups in total. The summed E-state index contributed by atoms with van der Waals surface area (Å²) in [4.78, 5) is 3.78. The van der Waals surface area contributed by atoms with Gasteiger partial charge in [-0.1, -0.05) is 0 Å². The summed E-state index contributed by atoms with van der Waals surface area (Å²) in [5.74, 6) is 0.0820. The molecule has 0 spiro atoms. The highest BCUT2D eigenvalue weighted by Gasteiger charge is 2.22. The first-order valence-electron chi connectivity index (χ1n) is 6.49. The molecule has 0 bridgehead atoms. The summed E-state index contributed by atoms with van der Waals surface area (Å²) in [6.07, 6.45) is 1.46. The number of nitrogens with one attached hydrogen (secondary N) is 1. The van der Waals surface area contributed by atoms with Crippen LogP contribution in [-0.2, 0) is 26.3 Å². The Balaban J connectivity index is 2.26. The van der Waals surface area contributed by atoms with Gasteiger partial charge >= 0.3 is 0 Å². The average molecular weight is 376 g/mol. The highest BCUT2D eigenvalue weighted by molar-refractivity contribution is 7.91. The smallest absolute Gasteiger partial charge is 0.244 e. The second-order valence-electron chi connectivity index (χ2n) is 4.71. The van der Waals surface area contributed by atoms with Crippen LogP contribution < -0.4 is 9.46 Å². The molecular formula is C13H16N2O5S3. The number of benzene rings is 1. The van der Waals surface area contributed by atoms with E-state index < -0.39 is 19.9 Å². The predicted molar refractivity (Wildman–Crippen MR) is 87.1 cm³/mol. The van der Waals surface area contributed by atoms with E-state index in [2.05, 4.69) is 9.71 Å². The van der Waals surface area contributed by atoms with Crippen LogP contribution in [-0.4, -0.2) is 41.7 Å². The lowest BCUT2D eigenvalue weighted by Crippen LogP contribution is -2.26. The van der Waals surface area contributed by atoms with Gasteiger partial charge in [0.15, 0.2) is 9.84 Å². The molecular weight excluding hydrogens is 360 g/mol. The van der Waals surface area contributed by atoms with Crippen LogP contribution >= 0.6 is 11.3 Å². The first-order valence-corrected chi connectivity index (χ1v) is 10.8. The van der Waals surface area contributed by atoms with E-state index >= 15 is 0 Å². The zero-order valence-electron chi connectivity index (χ0n) is 12.5. The quantitative estimate of drug-likeness (QED) is 0.776. The fourth-order valence-corrected chi connectivity index (χ4v) is 4.39. The third kappa shape index (κ3) is 4.50. The van der Waals surface area contributed by atoms with Gasteiger partial charge in [0.25, 0.3) is 0 Å². The summed E-state index contributed by atoms with van der Waals surface area (Å²) >= 11 is 1.43. The summed E-state index contributed by atoms with van der Waals surface area (Å²) in [6, 6.07) is 3.73. The van der Waals surface area contributed by atoms with Crippen LogP contribution in [0, 0.1) is 0 Å². The zero-order valence-corrected chi connectivity index (χ0v) is 15.0. The first kappa shape index (κ1) is 17.9. The highest BCUT2D eigenvalue weighted by atomic mass is 32.2. The Morgan fingerprint density at radius 1 is 1.26 bits per heavy atom. The second kappa shape index (κ2) is 6.95. The van der Waals surface area contributed by atoms with Gasteiger partial charge in [-0.3, -0.25) is 0 Å². The number of thiazole rings is 1. The monoisotopic (exact) mass is 376 g/mol. The molecule has 1 aromatic carbocycles. The molecule has 0 aliphatic heterocycles. The van der Waals surface area contributed by atoms with Gasteiger partial charge in [0.05, 0.1) is 23.2 Å². The summed E-state index contributed by atoms with van der Waals surface area (Å²) in [6.45, 7) is 0.151. The van der Waals surface area contributed by atoms with Gasteiger partial charge in [0.1, 0.15) is 10.6 Å². The van der Waals surface area contributed by atoms with Crippen LogP contribution in [0.15, 0.2) is 38.9 Å². The molecule has 0 fully saturated rings. The zero-order chi connectivity index (χ0) is 17.1. The lowest BCUT2D eigenvalue weighted by atomic mass is 10.3. The van der Waals surface area contributed by atoms with Crippen molar-refractivity contribution in [3.05, 3.63) is 34.8 Å². The third-order valence-electron chi connectivity index (χ3n) is 3.01. The maximum atomic E-state index is 12.4. The van der Waals surface area contributed by atoms with E-state index in [1.54, 1.807) is 5.51 Å². The fourth-order valence-electron chi connectivity index (χ4n) is 1.85. The van der Waals surface area contributed by atoms with Crippen molar-refractivity contribution in [3.8, 4) is 5.75 Å². The fraction of sp³-hybridized carbons (Fsp3) is 0.308. The largest absolute Gasteiger partial charge is 0.495 e. The average Bonchev–Trinajstić information content (AvgIpc) is 2.98. The van der Waals surface area contributed by atoms with Gasteiger partial charge in [-0.05, 0) is 18.2 Å². The van der Waals surface area contributed by atoms with Crippen molar-refractivity contribution in [2.45, 2.75) is 16.2 Å². The van der Waals surface area contributed by atoms with E-state index in [0.717, 1.165) is 18.0 Å². The number of methoxy groups -OCH3 is 1. The predicted octanol–water partition coefficient (Wildman–Crippen LogP) is 1.08. The number of ether oxygens (including phenoxy) is 1. The molecule has 1 aromatic heterocycles. The molecule has 0 atom stereocenters. The van der Waals surface area contributed by atoms with Gasteiger partial charge in [-0.25, -0.2) is 26.5 Å². The van der Waals surface area contributed by atoms with E-state index in [-0.39, 0.29) is 22.1 Å². The van der Waals surface area contributed by atoms with E-state index in [4.69, 9.17) is 4.74 Å². The number of rotatable bonds is 7. The molecule has 0 aliphatic carbocycles. The van der Waals surface area contributed by atoms with Crippen molar-refractivity contribution >= 4 is 31.2 Å². The molecule has 23 heavy (non-hydrogen) atoms. The molecule has 2 rings (SSSR count). The van der Waals surface area contributed by atoms with Gasteiger partial charge in [0.2, 0.25) is 10.0 Å². The van der Waals surface area contributed by atoms with Crippen LogP contribution in [0.5, 0.6) is 5.75 Å². The Labute approximate surface area is 139 Å². The Kier molecular flexibility index (Phi) is 5.40. The number of sulfonamides is 1. The van der Waals surface area contributed by atoms with Crippen LogP contribution in [0.25, 0.3) is 0 Å². The van der Waals surface area contributed by atoms with E-state index in [0.29, 0.717) is 6.42 Å². The Morgan fingerprint density at radius 2 is 2.00 bits per heavy atom. The van der Waals surface area contributed by atoms with Crippen molar-refractivity contribution in [1.82, 2.24) is 9.71 Å².